The summed E-state index contributed by atoms with van der Waals surface area (Å²) in [6.07, 6.45) is 3.45. The first kappa shape index (κ1) is 28.2. The van der Waals surface area contributed by atoms with Gasteiger partial charge in [0.05, 0.1) is 30.7 Å². The first-order chi connectivity index (χ1) is 18.2. The number of rotatable bonds is 10. The number of methoxy groups -OCH3 is 2. The molecular formula is C27H33N5O6. The third kappa shape index (κ3) is 7.32. The van der Waals surface area contributed by atoms with E-state index in [0.29, 0.717) is 47.5 Å². The minimum absolute atomic E-state index is 0.199. The summed E-state index contributed by atoms with van der Waals surface area (Å²) in [5.41, 5.74) is 2.13. The van der Waals surface area contributed by atoms with E-state index in [4.69, 9.17) is 23.5 Å². The molecule has 1 aliphatic rings. The summed E-state index contributed by atoms with van der Waals surface area (Å²) in [7, 11) is 4.78. The van der Waals surface area contributed by atoms with Crippen molar-refractivity contribution in [2.75, 3.05) is 45.1 Å². The second-order valence-electron chi connectivity index (χ2n) is 9.08. The summed E-state index contributed by atoms with van der Waals surface area (Å²) >= 11 is 0. The fourth-order valence-electron chi connectivity index (χ4n) is 3.30. The highest BCUT2D eigenvalue weighted by molar-refractivity contribution is 6.12. The molecule has 202 valence electrons. The van der Waals surface area contributed by atoms with Gasteiger partial charge in [-0.15, -0.1) is 0 Å². The van der Waals surface area contributed by atoms with Crippen molar-refractivity contribution in [1.82, 2.24) is 5.16 Å². The van der Waals surface area contributed by atoms with Crippen LogP contribution in [-0.4, -0.2) is 58.1 Å². The number of amides is 2. The number of hydrogen-bond donors (Lipinski definition) is 2. The molecule has 11 nitrogen and oxygen atoms in total. The van der Waals surface area contributed by atoms with E-state index in [1.807, 2.05) is 20.8 Å². The van der Waals surface area contributed by atoms with Gasteiger partial charge < -0.3 is 28.8 Å². The van der Waals surface area contributed by atoms with Gasteiger partial charge in [-0.1, -0.05) is 32.0 Å². The van der Waals surface area contributed by atoms with E-state index in [-0.39, 0.29) is 17.2 Å². The zero-order valence-corrected chi connectivity index (χ0v) is 22.5. The Morgan fingerprint density at radius 3 is 2.53 bits per heavy atom. The normalized spacial score (nSPS) is 15.8. The molecule has 0 radical (unpaired) electrons. The maximum atomic E-state index is 12.5. The van der Waals surface area contributed by atoms with E-state index in [0.717, 1.165) is 5.69 Å². The third-order valence-electron chi connectivity index (χ3n) is 5.26. The topological polar surface area (TPSA) is 129 Å². The highest BCUT2D eigenvalue weighted by Gasteiger charge is 2.23. The van der Waals surface area contributed by atoms with Gasteiger partial charge in [0.1, 0.15) is 12.4 Å². The van der Waals surface area contributed by atoms with Crippen LogP contribution in [0, 0.1) is 0 Å². The molecule has 1 aromatic heterocycles. The summed E-state index contributed by atoms with van der Waals surface area (Å²) in [4.78, 5) is 20.9. The molecule has 1 heterocycles. The van der Waals surface area contributed by atoms with Gasteiger partial charge >= 0.3 is 6.03 Å². The lowest BCUT2D eigenvalue weighted by Gasteiger charge is -2.19. The van der Waals surface area contributed by atoms with Gasteiger partial charge in [-0.25, -0.2) is 9.79 Å². The van der Waals surface area contributed by atoms with Crippen molar-refractivity contribution >= 4 is 30.0 Å². The number of ether oxygens (including phenoxy) is 4. The number of nitrogens with one attached hydrogen (secondary N) is 2. The minimum atomic E-state index is -0.495. The first-order valence-electron chi connectivity index (χ1n) is 11.8. The number of hydrogen-bond acceptors (Lipinski definition) is 9. The second kappa shape index (κ2) is 12.7. The number of allylic oxidation sites excluding steroid dienone is 3. The van der Waals surface area contributed by atoms with Crippen molar-refractivity contribution in [1.29, 1.82) is 0 Å². The van der Waals surface area contributed by atoms with Crippen molar-refractivity contribution in [2.45, 2.75) is 26.2 Å². The molecule has 38 heavy (non-hydrogen) atoms. The molecule has 0 saturated carbocycles. The Bertz CT molecular complexity index is 1280. The lowest BCUT2D eigenvalue weighted by Crippen LogP contribution is -2.19. The van der Waals surface area contributed by atoms with Gasteiger partial charge in [0.2, 0.25) is 11.8 Å². The van der Waals surface area contributed by atoms with Crippen LogP contribution < -0.4 is 15.4 Å². The Morgan fingerprint density at radius 1 is 1.11 bits per heavy atom. The van der Waals surface area contributed by atoms with Gasteiger partial charge in [-0.05, 0) is 24.9 Å². The molecule has 1 aliphatic carbocycles. The number of aromatic nitrogens is 1. The number of carbonyl (C=O) groups excluding carboxylic acids is 1. The van der Waals surface area contributed by atoms with Gasteiger partial charge in [0.25, 0.3) is 0 Å². The summed E-state index contributed by atoms with van der Waals surface area (Å²) < 4.78 is 27.5. The van der Waals surface area contributed by atoms with Gasteiger partial charge in [-0.3, -0.25) is 10.3 Å². The smallest absolute Gasteiger partial charge is 0.326 e. The van der Waals surface area contributed by atoms with Crippen LogP contribution in [0.25, 0.3) is 0 Å². The molecular weight excluding hydrogens is 490 g/mol. The van der Waals surface area contributed by atoms with E-state index in [1.54, 1.807) is 56.6 Å². The lowest BCUT2D eigenvalue weighted by atomic mass is 9.92. The second-order valence-corrected chi connectivity index (χ2v) is 9.08. The van der Waals surface area contributed by atoms with Crippen LogP contribution in [0.5, 0.6) is 5.75 Å². The average Bonchev–Trinajstić information content (AvgIpc) is 3.36. The SMILES string of the molecule is C=N/C(Oc1cccc(NC(=O)Nc2cc(C(C)(C)C)no2)c1)=C1/C=C(OC)C(OCCOC)=CC1=NC. The molecule has 2 aromatic rings. The fourth-order valence-corrected chi connectivity index (χ4v) is 3.30. The molecule has 0 fully saturated rings. The molecule has 0 spiro atoms. The third-order valence-corrected chi connectivity index (χ3v) is 5.26. The number of urea groups is 1. The number of nitrogens with zero attached hydrogens (tertiary/aromatic N) is 3. The zero-order valence-electron chi connectivity index (χ0n) is 22.5. The molecule has 2 amide bonds. The predicted molar refractivity (Wildman–Crippen MR) is 146 cm³/mol. The van der Waals surface area contributed by atoms with Crippen molar-refractivity contribution < 1.29 is 28.3 Å². The molecule has 1 aromatic carbocycles. The number of anilines is 2. The highest BCUT2D eigenvalue weighted by Crippen LogP contribution is 2.28. The van der Waals surface area contributed by atoms with Crippen LogP contribution >= 0.6 is 0 Å². The van der Waals surface area contributed by atoms with Crippen LogP contribution in [0.15, 0.2) is 80.0 Å². The summed E-state index contributed by atoms with van der Waals surface area (Å²) in [5, 5.41) is 9.37. The summed E-state index contributed by atoms with van der Waals surface area (Å²) in [5.74, 6) is 1.84. The monoisotopic (exact) mass is 523 g/mol. The van der Waals surface area contributed by atoms with Crippen LogP contribution in [0.2, 0.25) is 0 Å². The lowest BCUT2D eigenvalue weighted by molar-refractivity contribution is 0.101. The van der Waals surface area contributed by atoms with Crippen molar-refractivity contribution in [3.05, 3.63) is 71.2 Å². The molecule has 0 unspecified atom stereocenters. The van der Waals surface area contributed by atoms with Gasteiger partial charge in [0, 0.05) is 43.5 Å². The van der Waals surface area contributed by atoms with Crippen molar-refractivity contribution in [3.8, 4) is 5.75 Å². The fraction of sp³-hybridized carbons (Fsp3) is 0.333. The Morgan fingerprint density at radius 2 is 1.89 bits per heavy atom. The molecule has 2 N–H and O–H groups in total. The number of benzene rings is 1. The number of carbonyl (C=O) groups is 1. The van der Waals surface area contributed by atoms with Crippen LogP contribution in [0.3, 0.4) is 0 Å². The van der Waals surface area contributed by atoms with Crippen LogP contribution in [0.1, 0.15) is 26.5 Å². The molecule has 0 atom stereocenters. The Balaban J connectivity index is 1.76. The molecule has 0 bridgehead atoms. The minimum Gasteiger partial charge on any atom is -0.493 e. The van der Waals surface area contributed by atoms with Crippen molar-refractivity contribution in [2.24, 2.45) is 9.98 Å². The van der Waals surface area contributed by atoms with Crippen molar-refractivity contribution in [3.63, 3.8) is 0 Å². The molecule has 0 aliphatic heterocycles. The largest absolute Gasteiger partial charge is 0.493 e. The van der Waals surface area contributed by atoms with Crippen LogP contribution in [-0.2, 0) is 19.6 Å². The van der Waals surface area contributed by atoms with Gasteiger partial charge in [0.15, 0.2) is 11.5 Å². The maximum absolute atomic E-state index is 12.5. The van der Waals surface area contributed by atoms with E-state index in [9.17, 15) is 4.79 Å². The van der Waals surface area contributed by atoms with E-state index >= 15 is 0 Å². The standard InChI is InChI=1S/C27H33N5O6/c1-27(2,3)23-16-24(38-32-23)31-26(33)30-17-9-8-10-18(13-17)37-25(29-5)19-14-21(35-7)22(15-20(19)28-4)36-12-11-34-6/h8-10,13-16H,5,11-12H2,1-4,6-7H3,(H2,30,31,33)/b25-19+,28-20?. The Labute approximate surface area is 221 Å². The predicted octanol–water partition coefficient (Wildman–Crippen LogP) is 5.07. The first-order valence-corrected chi connectivity index (χ1v) is 11.8. The quantitative estimate of drug-likeness (QED) is 0.253. The Hall–Kier alpha value is -4.38. The van der Waals surface area contributed by atoms with E-state index < -0.39 is 6.03 Å². The van der Waals surface area contributed by atoms with Gasteiger partial charge in [-0.2, -0.15) is 0 Å². The van der Waals surface area contributed by atoms with E-state index in [2.05, 4.69) is 32.5 Å². The zero-order chi connectivity index (χ0) is 27.7. The van der Waals surface area contributed by atoms with E-state index in [1.165, 1.54) is 7.11 Å². The maximum Gasteiger partial charge on any atom is 0.326 e. The summed E-state index contributed by atoms with van der Waals surface area (Å²) in [6, 6.07) is 8.02. The molecule has 0 saturated heterocycles. The molecule has 11 heteroatoms. The average molecular weight is 524 g/mol. The van der Waals surface area contributed by atoms with Crippen LogP contribution in [0.4, 0.5) is 16.4 Å². The highest BCUT2D eigenvalue weighted by atomic mass is 16.5. The summed E-state index contributed by atoms with van der Waals surface area (Å²) in [6.45, 7) is 10.4. The Kier molecular flexibility index (Phi) is 9.44. The molecule has 3 rings (SSSR count). The number of aliphatic imine (C=N–C) groups is 2.